The van der Waals surface area contributed by atoms with Crippen molar-refractivity contribution in [1.82, 2.24) is 5.32 Å². The smallest absolute Gasteiger partial charge is 0.103 e. The number of hydrogen-bond acceptors (Lipinski definition) is 4. The van der Waals surface area contributed by atoms with E-state index in [1.54, 1.807) is 0 Å². The Balaban J connectivity index is 1.90. The highest BCUT2D eigenvalue weighted by Gasteiger charge is 2.32. The van der Waals surface area contributed by atoms with Gasteiger partial charge in [-0.05, 0) is 24.6 Å². The Morgan fingerprint density at radius 1 is 1.37 bits per heavy atom. The van der Waals surface area contributed by atoms with Gasteiger partial charge in [0.1, 0.15) is 5.60 Å². The lowest BCUT2D eigenvalue weighted by Crippen LogP contribution is -2.41. The van der Waals surface area contributed by atoms with E-state index in [4.69, 9.17) is 4.74 Å². The second-order valence-corrected chi connectivity index (χ2v) is 5.62. The topological polar surface area (TPSA) is 44.7 Å². The Hall–Kier alpha value is -1.10. The Morgan fingerprint density at radius 2 is 2.05 bits per heavy atom. The highest BCUT2D eigenvalue weighted by molar-refractivity contribution is 5.46. The van der Waals surface area contributed by atoms with Crippen LogP contribution in [0.5, 0.6) is 0 Å². The summed E-state index contributed by atoms with van der Waals surface area (Å²) in [7, 11) is 4.07. The molecule has 106 valence electrons. The van der Waals surface area contributed by atoms with Gasteiger partial charge in [0.15, 0.2) is 0 Å². The van der Waals surface area contributed by atoms with E-state index in [1.807, 2.05) is 14.1 Å². The van der Waals surface area contributed by atoms with Crippen LogP contribution in [0.3, 0.4) is 0 Å². The predicted octanol–water partition coefficient (Wildman–Crippen LogP) is 1.55. The Kier molecular flexibility index (Phi) is 4.45. The first-order valence-corrected chi connectivity index (χ1v) is 6.81. The Morgan fingerprint density at radius 3 is 2.58 bits per heavy atom. The average molecular weight is 264 g/mol. The van der Waals surface area contributed by atoms with Crippen molar-refractivity contribution < 1.29 is 9.84 Å². The zero-order valence-electron chi connectivity index (χ0n) is 12.0. The van der Waals surface area contributed by atoms with Gasteiger partial charge in [-0.1, -0.05) is 12.1 Å². The van der Waals surface area contributed by atoms with Gasteiger partial charge in [0.25, 0.3) is 0 Å². The third-order valence-corrected chi connectivity index (χ3v) is 3.73. The van der Waals surface area contributed by atoms with Crippen LogP contribution in [0.1, 0.15) is 24.9 Å². The third kappa shape index (κ3) is 3.69. The number of benzene rings is 1. The molecular weight excluding hydrogens is 240 g/mol. The Bertz CT molecular complexity index is 397. The highest BCUT2D eigenvalue weighted by atomic mass is 16.5. The van der Waals surface area contributed by atoms with E-state index >= 15 is 0 Å². The number of rotatable bonds is 5. The van der Waals surface area contributed by atoms with Gasteiger partial charge in [-0.2, -0.15) is 0 Å². The van der Waals surface area contributed by atoms with Crippen LogP contribution in [0.25, 0.3) is 0 Å². The van der Waals surface area contributed by atoms with Crippen molar-refractivity contribution in [1.29, 1.82) is 0 Å². The van der Waals surface area contributed by atoms with Crippen molar-refractivity contribution >= 4 is 5.69 Å². The molecule has 1 fully saturated rings. The molecule has 0 aromatic heterocycles. The van der Waals surface area contributed by atoms with Gasteiger partial charge >= 0.3 is 0 Å². The van der Waals surface area contributed by atoms with Crippen molar-refractivity contribution in [3.05, 3.63) is 29.8 Å². The molecule has 2 N–H and O–H groups in total. The summed E-state index contributed by atoms with van der Waals surface area (Å²) in [5, 5.41) is 13.6. The fourth-order valence-corrected chi connectivity index (χ4v) is 2.26. The molecule has 2 atom stereocenters. The largest absolute Gasteiger partial charge is 0.386 e. The summed E-state index contributed by atoms with van der Waals surface area (Å²) < 4.78 is 5.24. The molecule has 0 bridgehead atoms. The summed E-state index contributed by atoms with van der Waals surface area (Å²) in [6, 6.07) is 8.70. The van der Waals surface area contributed by atoms with Gasteiger partial charge in [0.2, 0.25) is 0 Å². The molecule has 0 spiro atoms. The highest BCUT2D eigenvalue weighted by Crippen LogP contribution is 2.21. The lowest BCUT2D eigenvalue weighted by atomic mass is 10.0. The van der Waals surface area contributed by atoms with Crippen LogP contribution >= 0.6 is 0 Å². The van der Waals surface area contributed by atoms with E-state index in [-0.39, 0.29) is 6.04 Å². The minimum absolute atomic E-state index is 0.223. The molecule has 0 amide bonds. The molecule has 2 unspecified atom stereocenters. The molecule has 4 heteroatoms. The van der Waals surface area contributed by atoms with Gasteiger partial charge in [-0.15, -0.1) is 0 Å². The summed E-state index contributed by atoms with van der Waals surface area (Å²) in [6.07, 6.45) is 0.715. The number of aliphatic hydroxyl groups is 1. The fourth-order valence-electron chi connectivity index (χ4n) is 2.26. The molecule has 0 radical (unpaired) electrons. The van der Waals surface area contributed by atoms with Gasteiger partial charge < -0.3 is 20.1 Å². The molecule has 1 aromatic carbocycles. The minimum atomic E-state index is -0.697. The molecule has 1 aliphatic heterocycles. The fraction of sp³-hybridized carbons (Fsp3) is 0.600. The van der Waals surface area contributed by atoms with Crippen LogP contribution in [0.15, 0.2) is 24.3 Å². The molecule has 0 saturated carbocycles. The van der Waals surface area contributed by atoms with E-state index in [0.717, 1.165) is 0 Å². The lowest BCUT2D eigenvalue weighted by molar-refractivity contribution is 0.0252. The molecular formula is C15H24N2O2. The van der Waals surface area contributed by atoms with Crippen molar-refractivity contribution in [2.24, 2.45) is 0 Å². The summed E-state index contributed by atoms with van der Waals surface area (Å²) in [6.45, 7) is 3.78. The Labute approximate surface area is 115 Å². The normalized spacial score (nSPS) is 24.4. The first-order chi connectivity index (χ1) is 9.00. The van der Waals surface area contributed by atoms with Crippen LogP contribution < -0.4 is 10.2 Å². The predicted molar refractivity (Wildman–Crippen MR) is 77.6 cm³/mol. The molecule has 1 aliphatic rings. The minimum Gasteiger partial charge on any atom is -0.386 e. The second-order valence-electron chi connectivity index (χ2n) is 5.62. The summed E-state index contributed by atoms with van der Waals surface area (Å²) >= 11 is 0. The summed E-state index contributed by atoms with van der Waals surface area (Å²) in [4.78, 5) is 2.08. The van der Waals surface area contributed by atoms with Crippen molar-refractivity contribution in [2.45, 2.75) is 25.0 Å². The SMILES string of the molecule is CC(NCC1(O)CCOC1)c1ccc(N(C)C)cc1. The first-order valence-electron chi connectivity index (χ1n) is 6.81. The second kappa shape index (κ2) is 5.90. The number of ether oxygens (including phenoxy) is 1. The molecule has 2 rings (SSSR count). The van der Waals surface area contributed by atoms with Crippen LogP contribution in [0.4, 0.5) is 5.69 Å². The molecule has 1 aromatic rings. The summed E-state index contributed by atoms with van der Waals surface area (Å²) in [5.74, 6) is 0. The first kappa shape index (κ1) is 14.3. The maximum atomic E-state index is 10.2. The van der Waals surface area contributed by atoms with E-state index in [2.05, 4.69) is 41.4 Å². The van der Waals surface area contributed by atoms with Crippen LogP contribution in [-0.4, -0.2) is 44.6 Å². The quantitative estimate of drug-likeness (QED) is 0.847. The third-order valence-electron chi connectivity index (χ3n) is 3.73. The number of nitrogens with zero attached hydrogens (tertiary/aromatic N) is 1. The zero-order valence-corrected chi connectivity index (χ0v) is 12.0. The van der Waals surface area contributed by atoms with Crippen LogP contribution in [0, 0.1) is 0 Å². The molecule has 19 heavy (non-hydrogen) atoms. The molecule has 4 nitrogen and oxygen atoms in total. The van der Waals surface area contributed by atoms with Gasteiger partial charge in [0, 0.05) is 45.4 Å². The standard InChI is InChI=1S/C15H24N2O2/c1-12(16-10-15(18)8-9-19-11-15)13-4-6-14(7-5-13)17(2)3/h4-7,12,16,18H,8-11H2,1-3H3. The van der Waals surface area contributed by atoms with E-state index in [1.165, 1.54) is 11.3 Å². The maximum absolute atomic E-state index is 10.2. The van der Waals surface area contributed by atoms with Crippen molar-refractivity contribution in [2.75, 3.05) is 38.8 Å². The average Bonchev–Trinajstić information content (AvgIpc) is 2.83. The van der Waals surface area contributed by atoms with Crippen molar-refractivity contribution in [3.8, 4) is 0 Å². The molecule has 0 aliphatic carbocycles. The number of anilines is 1. The van der Waals surface area contributed by atoms with Gasteiger partial charge in [0.05, 0.1) is 6.61 Å². The van der Waals surface area contributed by atoms with Gasteiger partial charge in [-0.3, -0.25) is 0 Å². The number of hydrogen-bond donors (Lipinski definition) is 2. The van der Waals surface area contributed by atoms with E-state index in [9.17, 15) is 5.11 Å². The van der Waals surface area contributed by atoms with Gasteiger partial charge in [-0.25, -0.2) is 0 Å². The summed E-state index contributed by atoms with van der Waals surface area (Å²) in [5.41, 5.74) is 1.73. The maximum Gasteiger partial charge on any atom is 0.103 e. The monoisotopic (exact) mass is 264 g/mol. The molecule has 1 heterocycles. The number of nitrogens with one attached hydrogen (secondary N) is 1. The van der Waals surface area contributed by atoms with Crippen LogP contribution in [-0.2, 0) is 4.74 Å². The lowest BCUT2D eigenvalue weighted by Gasteiger charge is -2.24. The van der Waals surface area contributed by atoms with E-state index in [0.29, 0.717) is 26.2 Å². The van der Waals surface area contributed by atoms with Crippen LogP contribution in [0.2, 0.25) is 0 Å². The van der Waals surface area contributed by atoms with Crippen molar-refractivity contribution in [3.63, 3.8) is 0 Å². The zero-order chi connectivity index (χ0) is 13.9. The molecule has 1 saturated heterocycles. The van der Waals surface area contributed by atoms with E-state index < -0.39 is 5.60 Å².